The molecule has 2 aromatic rings. The highest BCUT2D eigenvalue weighted by atomic mass is 16.3. The normalized spacial score (nSPS) is 24.0. The van der Waals surface area contributed by atoms with E-state index in [9.17, 15) is 9.90 Å². The van der Waals surface area contributed by atoms with Crippen molar-refractivity contribution < 1.29 is 5.11 Å². The van der Waals surface area contributed by atoms with Gasteiger partial charge in [-0.15, -0.1) is 0 Å². The molecule has 2 heterocycles. The summed E-state index contributed by atoms with van der Waals surface area (Å²) in [5.41, 5.74) is 3.11. The second-order valence-electron chi connectivity index (χ2n) is 7.41. The molecule has 4 heteroatoms. The highest BCUT2D eigenvalue weighted by Crippen LogP contribution is 2.49. The van der Waals surface area contributed by atoms with Crippen molar-refractivity contribution in [2.75, 3.05) is 13.1 Å². The molecule has 122 valence electrons. The molecular formula is C19H24N2O2. The van der Waals surface area contributed by atoms with Gasteiger partial charge in [0.25, 0.3) is 5.56 Å². The van der Waals surface area contributed by atoms with Crippen LogP contribution >= 0.6 is 0 Å². The molecule has 23 heavy (non-hydrogen) atoms. The lowest BCUT2D eigenvalue weighted by Crippen LogP contribution is -2.52. The summed E-state index contributed by atoms with van der Waals surface area (Å²) < 4.78 is 0. The molecule has 1 aliphatic carbocycles. The Morgan fingerprint density at radius 1 is 1.26 bits per heavy atom. The van der Waals surface area contributed by atoms with E-state index in [0.29, 0.717) is 6.54 Å². The third-order valence-corrected chi connectivity index (χ3v) is 5.95. The molecule has 0 radical (unpaired) electrons. The predicted octanol–water partition coefficient (Wildman–Crippen LogP) is 2.57. The quantitative estimate of drug-likeness (QED) is 0.896. The Bertz CT molecular complexity index is 788. The van der Waals surface area contributed by atoms with Crippen molar-refractivity contribution >= 4 is 10.9 Å². The van der Waals surface area contributed by atoms with Crippen molar-refractivity contribution in [1.82, 2.24) is 9.88 Å². The van der Waals surface area contributed by atoms with Crippen LogP contribution in [0.3, 0.4) is 0 Å². The van der Waals surface area contributed by atoms with Crippen LogP contribution in [0.15, 0.2) is 29.1 Å². The minimum atomic E-state index is -0.100. The first kappa shape index (κ1) is 14.9. The Hall–Kier alpha value is -1.65. The fourth-order valence-electron chi connectivity index (χ4n) is 4.14. The molecule has 2 aliphatic rings. The summed E-state index contributed by atoms with van der Waals surface area (Å²) in [6, 6.07) is 8.19. The molecule has 1 saturated heterocycles. The van der Waals surface area contributed by atoms with E-state index in [1.807, 2.05) is 19.1 Å². The van der Waals surface area contributed by atoms with Crippen LogP contribution in [0.4, 0.5) is 0 Å². The standard InChI is InChI=1S/C19H24N2O2/c1-13-2-3-14-11-15(18(23)20-16(14)10-13)12-21-8-6-19(7-9-21)5-4-17(19)22/h2-3,10-11,17,22H,4-9,12H2,1H3,(H,20,23). The summed E-state index contributed by atoms with van der Waals surface area (Å²) in [6.07, 6.45) is 4.14. The van der Waals surface area contributed by atoms with Gasteiger partial charge >= 0.3 is 0 Å². The van der Waals surface area contributed by atoms with E-state index in [4.69, 9.17) is 0 Å². The molecule has 1 atom stereocenters. The van der Waals surface area contributed by atoms with E-state index in [-0.39, 0.29) is 17.1 Å². The van der Waals surface area contributed by atoms with Gasteiger partial charge < -0.3 is 10.1 Å². The fraction of sp³-hybridized carbons (Fsp3) is 0.526. The number of aromatic nitrogens is 1. The number of hydrogen-bond donors (Lipinski definition) is 2. The van der Waals surface area contributed by atoms with Gasteiger partial charge in [-0.1, -0.05) is 12.1 Å². The zero-order valence-corrected chi connectivity index (χ0v) is 13.6. The Morgan fingerprint density at radius 3 is 2.70 bits per heavy atom. The van der Waals surface area contributed by atoms with Gasteiger partial charge in [0.15, 0.2) is 0 Å². The summed E-state index contributed by atoms with van der Waals surface area (Å²) in [7, 11) is 0. The van der Waals surface area contributed by atoms with Crippen molar-refractivity contribution in [3.8, 4) is 0 Å². The average Bonchev–Trinajstić information content (AvgIpc) is 2.55. The lowest BCUT2D eigenvalue weighted by molar-refractivity contribution is -0.100. The first-order valence-corrected chi connectivity index (χ1v) is 8.59. The summed E-state index contributed by atoms with van der Waals surface area (Å²) in [4.78, 5) is 17.7. The number of likely N-dealkylation sites (tertiary alicyclic amines) is 1. The summed E-state index contributed by atoms with van der Waals surface area (Å²) in [5.74, 6) is 0. The van der Waals surface area contributed by atoms with Crippen molar-refractivity contribution in [3.05, 3.63) is 45.7 Å². The summed E-state index contributed by atoms with van der Waals surface area (Å²) >= 11 is 0. The smallest absolute Gasteiger partial charge is 0.252 e. The number of aromatic amines is 1. The van der Waals surface area contributed by atoms with Crippen LogP contribution in [-0.4, -0.2) is 34.2 Å². The van der Waals surface area contributed by atoms with Crippen LogP contribution in [0.25, 0.3) is 10.9 Å². The van der Waals surface area contributed by atoms with Gasteiger partial charge in [-0.2, -0.15) is 0 Å². The molecule has 0 amide bonds. The molecule has 1 unspecified atom stereocenters. The van der Waals surface area contributed by atoms with Crippen molar-refractivity contribution in [2.24, 2.45) is 5.41 Å². The Labute approximate surface area is 136 Å². The van der Waals surface area contributed by atoms with Crippen LogP contribution < -0.4 is 5.56 Å². The van der Waals surface area contributed by atoms with Gasteiger partial charge in [0.2, 0.25) is 0 Å². The third-order valence-electron chi connectivity index (χ3n) is 5.95. The van der Waals surface area contributed by atoms with Crippen LogP contribution in [0.1, 0.15) is 36.8 Å². The zero-order chi connectivity index (χ0) is 16.0. The van der Waals surface area contributed by atoms with E-state index < -0.39 is 0 Å². The molecule has 1 aromatic carbocycles. The number of piperidine rings is 1. The second-order valence-corrected chi connectivity index (χ2v) is 7.41. The van der Waals surface area contributed by atoms with Crippen LogP contribution in [0.2, 0.25) is 0 Å². The predicted molar refractivity (Wildman–Crippen MR) is 91.5 cm³/mol. The van der Waals surface area contributed by atoms with Crippen molar-refractivity contribution in [3.63, 3.8) is 0 Å². The van der Waals surface area contributed by atoms with Crippen LogP contribution in [0.5, 0.6) is 0 Å². The SMILES string of the molecule is Cc1ccc2cc(CN3CCC4(CCC4O)CC3)c(=O)[nH]c2c1. The van der Waals surface area contributed by atoms with E-state index in [0.717, 1.165) is 60.8 Å². The lowest BCUT2D eigenvalue weighted by atomic mass is 9.61. The number of rotatable bonds is 2. The lowest BCUT2D eigenvalue weighted by Gasteiger charge is -2.51. The number of aliphatic hydroxyl groups is 1. The first-order valence-electron chi connectivity index (χ1n) is 8.59. The number of nitrogens with zero attached hydrogens (tertiary/aromatic N) is 1. The Balaban J connectivity index is 1.51. The van der Waals surface area contributed by atoms with Gasteiger partial charge in [-0.25, -0.2) is 0 Å². The van der Waals surface area contributed by atoms with Gasteiger partial charge in [-0.05, 0) is 74.2 Å². The fourth-order valence-corrected chi connectivity index (χ4v) is 4.14. The highest BCUT2D eigenvalue weighted by molar-refractivity contribution is 5.79. The third kappa shape index (κ3) is 2.60. The number of fused-ring (bicyclic) bond motifs is 1. The van der Waals surface area contributed by atoms with Gasteiger partial charge in [0, 0.05) is 17.6 Å². The van der Waals surface area contributed by atoms with E-state index >= 15 is 0 Å². The molecule has 0 bridgehead atoms. The number of pyridine rings is 1. The Morgan fingerprint density at radius 2 is 2.04 bits per heavy atom. The minimum Gasteiger partial charge on any atom is -0.393 e. The molecule has 2 N–H and O–H groups in total. The number of aliphatic hydroxyl groups excluding tert-OH is 1. The van der Waals surface area contributed by atoms with Crippen LogP contribution in [0, 0.1) is 12.3 Å². The molecule has 2 fully saturated rings. The highest BCUT2D eigenvalue weighted by Gasteiger charge is 2.47. The van der Waals surface area contributed by atoms with Crippen molar-refractivity contribution in [2.45, 2.75) is 45.3 Å². The topological polar surface area (TPSA) is 56.3 Å². The largest absolute Gasteiger partial charge is 0.393 e. The monoisotopic (exact) mass is 312 g/mol. The average molecular weight is 312 g/mol. The maximum Gasteiger partial charge on any atom is 0.252 e. The molecule has 1 saturated carbocycles. The zero-order valence-electron chi connectivity index (χ0n) is 13.6. The summed E-state index contributed by atoms with van der Waals surface area (Å²) in [5, 5.41) is 11.1. The molecule has 1 aliphatic heterocycles. The number of hydrogen-bond acceptors (Lipinski definition) is 3. The minimum absolute atomic E-state index is 0.0204. The van der Waals surface area contributed by atoms with Crippen LogP contribution in [-0.2, 0) is 6.54 Å². The van der Waals surface area contributed by atoms with E-state index in [1.54, 1.807) is 0 Å². The Kier molecular flexibility index (Phi) is 3.54. The summed E-state index contributed by atoms with van der Waals surface area (Å²) in [6.45, 7) is 4.68. The molecule has 1 aromatic heterocycles. The number of benzene rings is 1. The number of nitrogens with one attached hydrogen (secondary N) is 1. The molecule has 1 spiro atoms. The van der Waals surface area contributed by atoms with Gasteiger partial charge in [0.05, 0.1) is 6.10 Å². The maximum absolute atomic E-state index is 12.3. The number of aryl methyl sites for hydroxylation is 1. The van der Waals surface area contributed by atoms with Crippen molar-refractivity contribution in [1.29, 1.82) is 0 Å². The van der Waals surface area contributed by atoms with Gasteiger partial charge in [-0.3, -0.25) is 9.69 Å². The second kappa shape index (κ2) is 5.46. The number of H-pyrrole nitrogens is 1. The molecular weight excluding hydrogens is 288 g/mol. The van der Waals surface area contributed by atoms with E-state index in [1.165, 1.54) is 0 Å². The van der Waals surface area contributed by atoms with Gasteiger partial charge in [0.1, 0.15) is 0 Å². The molecule has 4 nitrogen and oxygen atoms in total. The first-order chi connectivity index (χ1) is 11.1. The maximum atomic E-state index is 12.3. The molecule has 4 rings (SSSR count). The van der Waals surface area contributed by atoms with E-state index in [2.05, 4.69) is 22.0 Å².